The summed E-state index contributed by atoms with van der Waals surface area (Å²) in [6.07, 6.45) is 1.18. The lowest BCUT2D eigenvalue weighted by Gasteiger charge is -2.37. The number of hydrogen-bond donors (Lipinski definition) is 0. The van der Waals surface area contributed by atoms with Crippen LogP contribution in [0.3, 0.4) is 0 Å². The summed E-state index contributed by atoms with van der Waals surface area (Å²) in [5.41, 5.74) is 4.66. The average Bonchev–Trinajstić information content (AvgIpc) is 2.74. The molecule has 1 heterocycles. The molecule has 1 aliphatic heterocycles. The van der Waals surface area contributed by atoms with Crippen LogP contribution in [0.4, 0.5) is 5.69 Å². The van der Waals surface area contributed by atoms with Crippen molar-refractivity contribution in [2.45, 2.75) is 20.4 Å². The van der Waals surface area contributed by atoms with Crippen molar-refractivity contribution in [2.24, 2.45) is 0 Å². The highest BCUT2D eigenvalue weighted by Gasteiger charge is 2.22. The van der Waals surface area contributed by atoms with Gasteiger partial charge in [0.25, 0.3) is 5.91 Å². The Morgan fingerprint density at radius 2 is 1.68 bits per heavy atom. The van der Waals surface area contributed by atoms with Gasteiger partial charge in [-0.25, -0.2) is 12.7 Å². The average molecular weight is 446 g/mol. The summed E-state index contributed by atoms with van der Waals surface area (Å²) < 4.78 is 30.0. The summed E-state index contributed by atoms with van der Waals surface area (Å²) >= 11 is 0. The van der Waals surface area contributed by atoms with E-state index in [1.807, 2.05) is 17.0 Å². The Morgan fingerprint density at radius 3 is 2.29 bits per heavy atom. The van der Waals surface area contributed by atoms with Crippen LogP contribution in [0.5, 0.6) is 5.75 Å². The number of amides is 1. The SMILES string of the molecule is Cc1cccc(N2CCN(C(=O)COc3ccc(CN(C)S(C)(=O)=O)cc3)CC2)c1C. The topological polar surface area (TPSA) is 70.2 Å². The van der Waals surface area contributed by atoms with Crippen molar-refractivity contribution >= 4 is 21.6 Å². The normalized spacial score (nSPS) is 14.7. The molecule has 0 saturated carbocycles. The van der Waals surface area contributed by atoms with Crippen LogP contribution >= 0.6 is 0 Å². The minimum atomic E-state index is -3.22. The molecule has 1 fully saturated rings. The number of anilines is 1. The van der Waals surface area contributed by atoms with Crippen LogP contribution in [-0.2, 0) is 21.4 Å². The number of aryl methyl sites for hydroxylation is 1. The van der Waals surface area contributed by atoms with Crippen LogP contribution in [-0.4, -0.2) is 69.6 Å². The Bertz CT molecular complexity index is 1010. The smallest absolute Gasteiger partial charge is 0.260 e. The van der Waals surface area contributed by atoms with Crippen molar-refractivity contribution in [3.8, 4) is 5.75 Å². The van der Waals surface area contributed by atoms with Gasteiger partial charge in [0.2, 0.25) is 10.0 Å². The van der Waals surface area contributed by atoms with Crippen LogP contribution in [0, 0.1) is 13.8 Å². The molecule has 2 aromatic carbocycles. The van der Waals surface area contributed by atoms with Crippen LogP contribution in [0.15, 0.2) is 42.5 Å². The number of carbonyl (C=O) groups is 1. The Hall–Kier alpha value is -2.58. The van der Waals surface area contributed by atoms with Crippen LogP contribution < -0.4 is 9.64 Å². The summed E-state index contributed by atoms with van der Waals surface area (Å²) in [7, 11) is -1.68. The van der Waals surface area contributed by atoms with Gasteiger partial charge in [0.05, 0.1) is 6.26 Å². The zero-order chi connectivity index (χ0) is 22.6. The first-order chi connectivity index (χ1) is 14.6. The maximum Gasteiger partial charge on any atom is 0.260 e. The maximum absolute atomic E-state index is 12.6. The number of piperazine rings is 1. The van der Waals surface area contributed by atoms with Gasteiger partial charge in [-0.1, -0.05) is 24.3 Å². The third-order valence-corrected chi connectivity index (χ3v) is 7.07. The molecular formula is C23H31N3O4S. The third-order valence-electron chi connectivity index (χ3n) is 5.81. The number of benzene rings is 2. The largest absolute Gasteiger partial charge is 0.484 e. The Labute approximate surface area is 185 Å². The molecule has 168 valence electrons. The van der Waals surface area contributed by atoms with E-state index in [1.54, 1.807) is 19.2 Å². The van der Waals surface area contributed by atoms with Gasteiger partial charge in [-0.2, -0.15) is 0 Å². The van der Waals surface area contributed by atoms with E-state index in [9.17, 15) is 13.2 Å². The fraction of sp³-hybridized carbons (Fsp3) is 0.435. The second-order valence-corrected chi connectivity index (χ2v) is 10.1. The molecule has 0 aliphatic carbocycles. The van der Waals surface area contributed by atoms with Crippen LogP contribution in [0.25, 0.3) is 0 Å². The molecule has 0 aromatic heterocycles. The standard InChI is InChI=1S/C23H31N3O4S/c1-18-6-5-7-22(19(18)2)25-12-14-26(15-13-25)23(27)17-30-21-10-8-20(9-11-21)16-24(3)31(4,28)29/h5-11H,12-17H2,1-4H3. The molecule has 0 spiro atoms. The number of carbonyl (C=O) groups excluding carboxylic acids is 1. The summed E-state index contributed by atoms with van der Waals surface area (Å²) in [6, 6.07) is 13.5. The lowest BCUT2D eigenvalue weighted by atomic mass is 10.1. The second kappa shape index (κ2) is 9.70. The summed E-state index contributed by atoms with van der Waals surface area (Å²) in [5.74, 6) is 0.564. The lowest BCUT2D eigenvalue weighted by Crippen LogP contribution is -2.50. The van der Waals surface area contributed by atoms with Gasteiger partial charge in [0.15, 0.2) is 6.61 Å². The minimum absolute atomic E-state index is 0.00788. The molecule has 1 aliphatic rings. The van der Waals surface area contributed by atoms with E-state index in [2.05, 4.69) is 36.9 Å². The number of sulfonamides is 1. The Kier molecular flexibility index (Phi) is 7.23. The van der Waals surface area contributed by atoms with E-state index in [4.69, 9.17) is 4.74 Å². The molecule has 3 rings (SSSR count). The van der Waals surface area contributed by atoms with Gasteiger partial charge in [-0.15, -0.1) is 0 Å². The van der Waals surface area contributed by atoms with Gasteiger partial charge in [-0.3, -0.25) is 4.79 Å². The maximum atomic E-state index is 12.6. The van der Waals surface area contributed by atoms with Crippen molar-refractivity contribution in [3.05, 3.63) is 59.2 Å². The second-order valence-electron chi connectivity index (χ2n) is 8.04. The monoisotopic (exact) mass is 445 g/mol. The molecule has 0 unspecified atom stereocenters. The van der Waals surface area contributed by atoms with Gasteiger partial charge in [0, 0.05) is 45.5 Å². The first-order valence-electron chi connectivity index (χ1n) is 10.4. The highest BCUT2D eigenvalue weighted by atomic mass is 32.2. The summed E-state index contributed by atoms with van der Waals surface area (Å²) in [6.45, 7) is 7.50. The quantitative estimate of drug-likeness (QED) is 0.655. The summed E-state index contributed by atoms with van der Waals surface area (Å²) in [4.78, 5) is 16.7. The molecular weight excluding hydrogens is 414 g/mol. The number of rotatable bonds is 7. The van der Waals surface area contributed by atoms with Crippen molar-refractivity contribution in [1.82, 2.24) is 9.21 Å². The summed E-state index contributed by atoms with van der Waals surface area (Å²) in [5, 5.41) is 0. The molecule has 7 nitrogen and oxygen atoms in total. The van der Waals surface area contributed by atoms with Gasteiger partial charge in [-0.05, 0) is 48.7 Å². The predicted molar refractivity (Wildman–Crippen MR) is 123 cm³/mol. The van der Waals surface area contributed by atoms with Crippen molar-refractivity contribution in [2.75, 3.05) is 51.0 Å². The lowest BCUT2D eigenvalue weighted by molar-refractivity contribution is -0.133. The molecule has 1 amide bonds. The molecule has 0 bridgehead atoms. The number of nitrogens with zero attached hydrogens (tertiary/aromatic N) is 3. The van der Waals surface area contributed by atoms with Crippen molar-refractivity contribution < 1.29 is 17.9 Å². The first-order valence-corrected chi connectivity index (χ1v) is 12.2. The number of hydrogen-bond acceptors (Lipinski definition) is 5. The minimum Gasteiger partial charge on any atom is -0.484 e. The van der Waals surface area contributed by atoms with E-state index in [0.717, 1.165) is 18.7 Å². The van der Waals surface area contributed by atoms with Gasteiger partial charge in [0.1, 0.15) is 5.75 Å². The van der Waals surface area contributed by atoms with E-state index in [0.29, 0.717) is 25.4 Å². The Balaban J connectivity index is 1.48. The van der Waals surface area contributed by atoms with Crippen LogP contribution in [0.1, 0.15) is 16.7 Å². The highest BCUT2D eigenvalue weighted by Crippen LogP contribution is 2.24. The molecule has 31 heavy (non-hydrogen) atoms. The van der Waals surface area contributed by atoms with Crippen molar-refractivity contribution in [3.63, 3.8) is 0 Å². The fourth-order valence-electron chi connectivity index (χ4n) is 3.58. The third kappa shape index (κ3) is 5.98. The predicted octanol–water partition coefficient (Wildman–Crippen LogP) is 2.42. The molecule has 2 aromatic rings. The molecule has 0 atom stereocenters. The van der Waals surface area contributed by atoms with E-state index in [1.165, 1.54) is 27.4 Å². The van der Waals surface area contributed by atoms with Gasteiger partial charge < -0.3 is 14.5 Å². The Morgan fingerprint density at radius 1 is 1.03 bits per heavy atom. The van der Waals surface area contributed by atoms with Gasteiger partial charge >= 0.3 is 0 Å². The van der Waals surface area contributed by atoms with Crippen molar-refractivity contribution in [1.29, 1.82) is 0 Å². The molecule has 8 heteroatoms. The van der Waals surface area contributed by atoms with E-state index in [-0.39, 0.29) is 12.5 Å². The fourth-order valence-corrected chi connectivity index (χ4v) is 3.96. The zero-order valence-corrected chi connectivity index (χ0v) is 19.5. The number of ether oxygens (including phenoxy) is 1. The van der Waals surface area contributed by atoms with E-state index >= 15 is 0 Å². The molecule has 1 saturated heterocycles. The zero-order valence-electron chi connectivity index (χ0n) is 18.7. The highest BCUT2D eigenvalue weighted by molar-refractivity contribution is 7.88. The first kappa shape index (κ1) is 23.1. The molecule has 0 radical (unpaired) electrons. The van der Waals surface area contributed by atoms with E-state index < -0.39 is 10.0 Å². The molecule has 0 N–H and O–H groups in total. The van der Waals surface area contributed by atoms with Crippen LogP contribution in [0.2, 0.25) is 0 Å².